The van der Waals surface area contributed by atoms with Crippen molar-refractivity contribution in [2.24, 2.45) is 7.05 Å². The van der Waals surface area contributed by atoms with Crippen LogP contribution in [0.4, 0.5) is 0 Å². The average molecular weight is 314 g/mol. The van der Waals surface area contributed by atoms with Gasteiger partial charge in [-0.3, -0.25) is 0 Å². The first kappa shape index (κ1) is 15.3. The van der Waals surface area contributed by atoms with Gasteiger partial charge in [0.25, 0.3) is 0 Å². The highest BCUT2D eigenvalue weighted by molar-refractivity contribution is 7.99. The Hall–Kier alpha value is -1.08. The highest BCUT2D eigenvalue weighted by atomic mass is 35.5. The number of nitrogens with zero attached hydrogens (tertiary/aromatic N) is 3. The van der Waals surface area contributed by atoms with Gasteiger partial charge in [0, 0.05) is 17.8 Å². The van der Waals surface area contributed by atoms with Gasteiger partial charge in [0.2, 0.25) is 0 Å². The molecule has 1 N–H and O–H groups in total. The van der Waals surface area contributed by atoms with Gasteiger partial charge >= 0.3 is 0 Å². The van der Waals surface area contributed by atoms with E-state index in [0.717, 1.165) is 10.7 Å². The van der Waals surface area contributed by atoms with Crippen LogP contribution in [0.2, 0.25) is 5.02 Å². The number of aryl methyl sites for hydroxylation is 1. The quantitative estimate of drug-likeness (QED) is 0.794. The summed E-state index contributed by atoms with van der Waals surface area (Å²) in [6.45, 7) is 0.746. The molecule has 0 radical (unpaired) electrons. The van der Waals surface area contributed by atoms with Gasteiger partial charge in [0.05, 0.1) is 19.3 Å². The van der Waals surface area contributed by atoms with Gasteiger partial charge in [-0.25, -0.2) is 0 Å². The normalized spacial score (nSPS) is 12.6. The fourth-order valence-corrected chi connectivity index (χ4v) is 2.43. The number of thioether (sulfide) groups is 1. The number of aliphatic hydroxyl groups is 1. The summed E-state index contributed by atoms with van der Waals surface area (Å²) in [7, 11) is 1.87. The Bertz CT molecular complexity index is 533. The number of halogens is 1. The fraction of sp³-hybridized carbons (Fsp3) is 0.385. The summed E-state index contributed by atoms with van der Waals surface area (Å²) >= 11 is 7.25. The van der Waals surface area contributed by atoms with Crippen molar-refractivity contribution in [3.8, 4) is 0 Å². The molecule has 0 unspecified atom stereocenters. The minimum absolute atomic E-state index is 0.285. The summed E-state index contributed by atoms with van der Waals surface area (Å²) < 4.78 is 7.28. The van der Waals surface area contributed by atoms with Crippen molar-refractivity contribution < 1.29 is 9.84 Å². The topological polar surface area (TPSA) is 60.2 Å². The first-order chi connectivity index (χ1) is 9.65. The van der Waals surface area contributed by atoms with E-state index in [-0.39, 0.29) is 6.61 Å². The largest absolute Gasteiger partial charge is 0.390 e. The minimum Gasteiger partial charge on any atom is -0.390 e. The number of aliphatic hydroxyl groups excluding tert-OH is 1. The van der Waals surface area contributed by atoms with Crippen LogP contribution in [0.25, 0.3) is 0 Å². The second kappa shape index (κ2) is 7.64. The number of ether oxygens (including phenoxy) is 1. The van der Waals surface area contributed by atoms with Crippen LogP contribution < -0.4 is 0 Å². The van der Waals surface area contributed by atoms with E-state index in [1.807, 2.05) is 35.9 Å². The van der Waals surface area contributed by atoms with E-state index in [1.54, 1.807) is 6.33 Å². The maximum atomic E-state index is 9.84. The predicted molar refractivity (Wildman–Crippen MR) is 78.8 cm³/mol. The SMILES string of the molecule is Cn1cnnc1SC[C@@H](O)COCc1ccc(Cl)cc1. The van der Waals surface area contributed by atoms with Crippen molar-refractivity contribution in [2.75, 3.05) is 12.4 Å². The van der Waals surface area contributed by atoms with Crippen LogP contribution in [0.3, 0.4) is 0 Å². The summed E-state index contributed by atoms with van der Waals surface area (Å²) in [5.41, 5.74) is 1.03. The lowest BCUT2D eigenvalue weighted by Crippen LogP contribution is -2.18. The molecule has 0 saturated carbocycles. The van der Waals surface area contributed by atoms with Crippen LogP contribution in [-0.2, 0) is 18.4 Å². The molecule has 108 valence electrons. The number of hydrogen-bond donors (Lipinski definition) is 1. The lowest BCUT2D eigenvalue weighted by Gasteiger charge is -2.10. The summed E-state index contributed by atoms with van der Waals surface area (Å²) in [5, 5.41) is 19.0. The highest BCUT2D eigenvalue weighted by Gasteiger charge is 2.08. The Morgan fingerprint density at radius 3 is 2.80 bits per heavy atom. The van der Waals surface area contributed by atoms with Gasteiger partial charge in [0.15, 0.2) is 5.16 Å². The maximum Gasteiger partial charge on any atom is 0.190 e. The van der Waals surface area contributed by atoms with Crippen molar-refractivity contribution in [1.29, 1.82) is 0 Å². The molecule has 0 saturated heterocycles. The molecule has 1 heterocycles. The van der Waals surface area contributed by atoms with Crippen LogP contribution in [-0.4, -0.2) is 38.3 Å². The van der Waals surface area contributed by atoms with Crippen molar-refractivity contribution in [2.45, 2.75) is 17.9 Å². The van der Waals surface area contributed by atoms with Crippen LogP contribution in [0.1, 0.15) is 5.56 Å². The molecule has 0 spiro atoms. The Balaban J connectivity index is 1.66. The van der Waals surface area contributed by atoms with Crippen LogP contribution in [0, 0.1) is 0 Å². The van der Waals surface area contributed by atoms with Crippen LogP contribution >= 0.6 is 23.4 Å². The van der Waals surface area contributed by atoms with E-state index < -0.39 is 6.10 Å². The van der Waals surface area contributed by atoms with Gasteiger partial charge in [-0.15, -0.1) is 10.2 Å². The third-order valence-corrected chi connectivity index (χ3v) is 4.00. The molecule has 20 heavy (non-hydrogen) atoms. The molecule has 0 aliphatic carbocycles. The standard InChI is InChI=1S/C13H16ClN3O2S/c1-17-9-15-16-13(17)20-8-12(18)7-19-6-10-2-4-11(14)5-3-10/h2-5,9,12,18H,6-8H2,1H3/t12-/m0/s1. The van der Waals surface area contributed by atoms with Gasteiger partial charge in [-0.1, -0.05) is 35.5 Å². The fourth-order valence-electron chi connectivity index (χ4n) is 1.52. The molecule has 1 aromatic heterocycles. The van der Waals surface area contributed by atoms with E-state index >= 15 is 0 Å². The zero-order valence-electron chi connectivity index (χ0n) is 11.1. The number of benzene rings is 1. The maximum absolute atomic E-state index is 9.84. The van der Waals surface area contributed by atoms with Crippen molar-refractivity contribution in [3.63, 3.8) is 0 Å². The molecular formula is C13H16ClN3O2S. The molecule has 0 aliphatic heterocycles. The summed E-state index contributed by atoms with van der Waals surface area (Å²) in [5.74, 6) is 0.521. The Kier molecular flexibility index (Phi) is 5.85. The summed E-state index contributed by atoms with van der Waals surface area (Å²) in [4.78, 5) is 0. The van der Waals surface area contributed by atoms with Gasteiger partial charge in [-0.2, -0.15) is 0 Å². The zero-order valence-corrected chi connectivity index (χ0v) is 12.6. The Labute approximate surface area is 126 Å². The van der Waals surface area contributed by atoms with Crippen molar-refractivity contribution >= 4 is 23.4 Å². The Morgan fingerprint density at radius 2 is 2.15 bits per heavy atom. The molecule has 1 atom stereocenters. The summed E-state index contributed by atoms with van der Waals surface area (Å²) in [6.07, 6.45) is 1.09. The number of aromatic nitrogens is 3. The van der Waals surface area contributed by atoms with Crippen LogP contribution in [0.15, 0.2) is 35.7 Å². The third-order valence-electron chi connectivity index (χ3n) is 2.57. The average Bonchev–Trinajstić information content (AvgIpc) is 2.84. The first-order valence-electron chi connectivity index (χ1n) is 6.12. The molecule has 5 nitrogen and oxygen atoms in total. The van der Waals surface area contributed by atoms with Crippen molar-refractivity contribution in [3.05, 3.63) is 41.2 Å². The minimum atomic E-state index is -0.538. The predicted octanol–water partition coefficient (Wildman–Crippen LogP) is 2.14. The molecule has 2 aromatic rings. The third kappa shape index (κ3) is 4.79. The van der Waals surface area contributed by atoms with Gasteiger partial charge in [-0.05, 0) is 17.7 Å². The Morgan fingerprint density at radius 1 is 1.40 bits per heavy atom. The molecule has 2 rings (SSSR count). The van der Waals surface area contributed by atoms with Crippen molar-refractivity contribution in [1.82, 2.24) is 14.8 Å². The molecule has 0 fully saturated rings. The smallest absolute Gasteiger partial charge is 0.190 e. The van der Waals surface area contributed by atoms with Gasteiger partial charge < -0.3 is 14.4 Å². The van der Waals surface area contributed by atoms with E-state index in [1.165, 1.54) is 11.8 Å². The molecule has 0 amide bonds. The number of rotatable bonds is 7. The lowest BCUT2D eigenvalue weighted by molar-refractivity contribution is 0.0397. The van der Waals surface area contributed by atoms with E-state index in [0.29, 0.717) is 17.4 Å². The first-order valence-corrected chi connectivity index (χ1v) is 7.48. The molecule has 7 heteroatoms. The lowest BCUT2D eigenvalue weighted by atomic mass is 10.2. The van der Waals surface area contributed by atoms with E-state index in [2.05, 4.69) is 10.2 Å². The highest BCUT2D eigenvalue weighted by Crippen LogP contribution is 2.15. The number of hydrogen-bond acceptors (Lipinski definition) is 5. The molecule has 0 bridgehead atoms. The second-order valence-electron chi connectivity index (χ2n) is 4.33. The second-order valence-corrected chi connectivity index (χ2v) is 5.75. The molecule has 1 aromatic carbocycles. The van der Waals surface area contributed by atoms with Gasteiger partial charge in [0.1, 0.15) is 6.33 Å². The van der Waals surface area contributed by atoms with E-state index in [4.69, 9.17) is 16.3 Å². The molecule has 0 aliphatic rings. The monoisotopic (exact) mass is 313 g/mol. The summed E-state index contributed by atoms with van der Waals surface area (Å²) in [6, 6.07) is 7.45. The van der Waals surface area contributed by atoms with E-state index in [9.17, 15) is 5.11 Å². The van der Waals surface area contributed by atoms with Crippen LogP contribution in [0.5, 0.6) is 0 Å². The molecular weight excluding hydrogens is 298 g/mol. The zero-order chi connectivity index (χ0) is 14.4.